The van der Waals surface area contributed by atoms with Crippen LogP contribution in [-0.2, 0) is 19.6 Å². The summed E-state index contributed by atoms with van der Waals surface area (Å²) in [6.07, 6.45) is 1.60. The van der Waals surface area contributed by atoms with Crippen LogP contribution in [0, 0.1) is 16.7 Å². The Morgan fingerprint density at radius 3 is 2.49 bits per heavy atom. The highest BCUT2D eigenvalue weighted by atomic mass is 35.5. The van der Waals surface area contributed by atoms with Gasteiger partial charge in [0.25, 0.3) is 0 Å². The predicted octanol–water partition coefficient (Wildman–Crippen LogP) is 3.62. The van der Waals surface area contributed by atoms with Gasteiger partial charge in [-0.2, -0.15) is 9.57 Å². The van der Waals surface area contributed by atoms with Gasteiger partial charge in [-0.05, 0) is 55.3 Å². The van der Waals surface area contributed by atoms with E-state index in [1.807, 2.05) is 6.07 Å². The molecule has 0 unspecified atom stereocenters. The van der Waals surface area contributed by atoms with Crippen LogP contribution < -0.4 is 10.1 Å². The third-order valence-electron chi connectivity index (χ3n) is 6.19. The van der Waals surface area contributed by atoms with Crippen molar-refractivity contribution in [1.82, 2.24) is 9.62 Å². The molecule has 0 saturated carbocycles. The fourth-order valence-corrected chi connectivity index (χ4v) is 6.68. The molecule has 4 rings (SSSR count). The summed E-state index contributed by atoms with van der Waals surface area (Å²) >= 11 is 12.1. The Morgan fingerprint density at radius 2 is 1.86 bits per heavy atom. The fourth-order valence-electron chi connectivity index (χ4n) is 4.27. The van der Waals surface area contributed by atoms with Gasteiger partial charge in [0.05, 0.1) is 23.3 Å². The largest absolute Gasteiger partial charge is 0.493 e. The molecule has 2 heterocycles. The lowest BCUT2D eigenvalue weighted by molar-refractivity contribution is -0.128. The molecule has 8 nitrogen and oxygen atoms in total. The summed E-state index contributed by atoms with van der Waals surface area (Å²) in [4.78, 5) is 12.9. The number of rotatable bonds is 8. The Morgan fingerprint density at radius 1 is 1.17 bits per heavy atom. The van der Waals surface area contributed by atoms with Crippen molar-refractivity contribution in [2.75, 3.05) is 32.9 Å². The highest BCUT2D eigenvalue weighted by molar-refractivity contribution is 7.89. The van der Waals surface area contributed by atoms with Gasteiger partial charge in [0.1, 0.15) is 10.6 Å². The molecule has 0 aromatic heterocycles. The van der Waals surface area contributed by atoms with Crippen LogP contribution in [0.3, 0.4) is 0 Å². The Balaban J connectivity index is 1.48. The van der Waals surface area contributed by atoms with Crippen molar-refractivity contribution in [2.45, 2.75) is 30.2 Å². The molecule has 0 radical (unpaired) electrons. The van der Waals surface area contributed by atoms with Crippen LogP contribution in [0.2, 0.25) is 10.0 Å². The first-order valence-electron chi connectivity index (χ1n) is 11.2. The number of sulfonamides is 1. The van der Waals surface area contributed by atoms with Gasteiger partial charge in [-0.25, -0.2) is 8.42 Å². The highest BCUT2D eigenvalue weighted by Crippen LogP contribution is 2.40. The molecule has 2 aliphatic rings. The molecule has 1 amide bonds. The van der Waals surface area contributed by atoms with Gasteiger partial charge in [-0.3, -0.25) is 4.79 Å². The minimum absolute atomic E-state index is 0.0307. The monoisotopic (exact) mass is 537 g/mol. The van der Waals surface area contributed by atoms with Crippen LogP contribution in [-0.4, -0.2) is 57.6 Å². The Bertz CT molecular complexity index is 1220. The summed E-state index contributed by atoms with van der Waals surface area (Å²) in [5, 5.41) is 12.4. The molecular weight excluding hydrogens is 513 g/mol. The van der Waals surface area contributed by atoms with E-state index in [0.29, 0.717) is 29.5 Å². The topological polar surface area (TPSA) is 109 Å². The second kappa shape index (κ2) is 10.7. The normalized spacial score (nSPS) is 18.3. The van der Waals surface area contributed by atoms with Gasteiger partial charge in [0.2, 0.25) is 15.9 Å². The summed E-state index contributed by atoms with van der Waals surface area (Å²) in [5.41, 5.74) is -0.210. The number of nitriles is 1. The van der Waals surface area contributed by atoms with Crippen LogP contribution >= 0.6 is 23.2 Å². The number of hydrogen-bond acceptors (Lipinski definition) is 6. The number of nitrogens with one attached hydrogen (secondary N) is 1. The van der Waals surface area contributed by atoms with E-state index in [0.717, 1.165) is 12.8 Å². The standard InChI is InChI=1S/C24H25Cl2N3O5S/c25-18-3-6-22(21(26)11-18)35(31,32)29-14-24(15-29,12-23(30)28-19-7-9-33-10-8-19)16-34-20-4-1-17(13-27)2-5-20/h1-6,11,19H,7-10,12,14-16H2,(H,28,30). The molecule has 0 atom stereocenters. The zero-order valence-corrected chi connectivity index (χ0v) is 21.2. The number of ether oxygens (including phenoxy) is 2. The number of halogens is 2. The van der Waals surface area contributed by atoms with E-state index in [-0.39, 0.29) is 48.0 Å². The van der Waals surface area contributed by atoms with E-state index in [9.17, 15) is 13.2 Å². The third-order valence-corrected chi connectivity index (χ3v) is 8.70. The van der Waals surface area contributed by atoms with Crippen molar-refractivity contribution in [1.29, 1.82) is 5.26 Å². The second-order valence-corrected chi connectivity index (χ2v) is 11.7. The number of carbonyl (C=O) groups excluding carboxylic acids is 1. The lowest BCUT2D eigenvalue weighted by Crippen LogP contribution is -2.62. The van der Waals surface area contributed by atoms with Crippen molar-refractivity contribution in [2.24, 2.45) is 5.41 Å². The molecule has 11 heteroatoms. The summed E-state index contributed by atoms with van der Waals surface area (Å²) in [6.45, 7) is 1.55. The van der Waals surface area contributed by atoms with Crippen molar-refractivity contribution >= 4 is 39.1 Å². The Hall–Kier alpha value is -2.35. The first-order chi connectivity index (χ1) is 16.7. The smallest absolute Gasteiger partial charge is 0.244 e. The second-order valence-electron chi connectivity index (χ2n) is 8.90. The van der Waals surface area contributed by atoms with Crippen molar-refractivity contribution < 1.29 is 22.7 Å². The molecule has 0 spiro atoms. The molecule has 2 fully saturated rings. The molecule has 2 aromatic rings. The van der Waals surface area contributed by atoms with Gasteiger partial charge in [0, 0.05) is 49.2 Å². The lowest BCUT2D eigenvalue weighted by atomic mass is 9.79. The molecule has 186 valence electrons. The van der Waals surface area contributed by atoms with Crippen LogP contribution in [0.25, 0.3) is 0 Å². The van der Waals surface area contributed by atoms with Crippen molar-refractivity contribution in [3.8, 4) is 11.8 Å². The lowest BCUT2D eigenvalue weighted by Gasteiger charge is -2.48. The maximum absolute atomic E-state index is 13.2. The molecule has 35 heavy (non-hydrogen) atoms. The number of amides is 1. The van der Waals surface area contributed by atoms with Gasteiger partial charge >= 0.3 is 0 Å². The van der Waals surface area contributed by atoms with Crippen LogP contribution in [0.4, 0.5) is 0 Å². The maximum atomic E-state index is 13.2. The summed E-state index contributed by atoms with van der Waals surface area (Å²) in [7, 11) is -3.87. The average Bonchev–Trinajstić information content (AvgIpc) is 2.81. The maximum Gasteiger partial charge on any atom is 0.244 e. The molecule has 2 aromatic carbocycles. The Labute approximate surface area is 214 Å². The summed E-state index contributed by atoms with van der Waals surface area (Å²) in [6, 6.07) is 13.0. The summed E-state index contributed by atoms with van der Waals surface area (Å²) < 4.78 is 39.0. The molecule has 0 aliphatic carbocycles. The third kappa shape index (κ3) is 6.08. The molecule has 2 saturated heterocycles. The van der Waals surface area contributed by atoms with Crippen molar-refractivity contribution in [3.05, 3.63) is 58.1 Å². The van der Waals surface area contributed by atoms with Crippen molar-refractivity contribution in [3.63, 3.8) is 0 Å². The van der Waals surface area contributed by atoms with Crippen LogP contribution in [0.5, 0.6) is 5.75 Å². The first-order valence-corrected chi connectivity index (χ1v) is 13.4. The SMILES string of the molecule is N#Cc1ccc(OCC2(CC(=O)NC3CCOCC3)CN(S(=O)(=O)c3ccc(Cl)cc3Cl)C2)cc1. The van der Waals surface area contributed by atoms with Gasteiger partial charge in [-0.15, -0.1) is 0 Å². The van der Waals surface area contributed by atoms with Gasteiger partial charge in [0.15, 0.2) is 0 Å². The van der Waals surface area contributed by atoms with E-state index in [1.165, 1.54) is 22.5 Å². The number of benzene rings is 2. The zero-order chi connectivity index (χ0) is 25.1. The fraction of sp³-hybridized carbons (Fsp3) is 0.417. The minimum atomic E-state index is -3.87. The van der Waals surface area contributed by atoms with Crippen LogP contribution in [0.1, 0.15) is 24.8 Å². The first kappa shape index (κ1) is 25.7. The Kier molecular flexibility index (Phi) is 7.89. The highest BCUT2D eigenvalue weighted by Gasteiger charge is 2.50. The van der Waals surface area contributed by atoms with Gasteiger partial charge < -0.3 is 14.8 Å². The van der Waals surface area contributed by atoms with E-state index in [1.54, 1.807) is 24.3 Å². The predicted molar refractivity (Wildman–Crippen MR) is 131 cm³/mol. The van der Waals surface area contributed by atoms with E-state index in [2.05, 4.69) is 5.32 Å². The molecular formula is C24H25Cl2N3O5S. The molecule has 1 N–H and O–H groups in total. The minimum Gasteiger partial charge on any atom is -0.493 e. The number of hydrogen-bond donors (Lipinski definition) is 1. The van der Waals surface area contributed by atoms with E-state index in [4.69, 9.17) is 37.9 Å². The van der Waals surface area contributed by atoms with Gasteiger partial charge in [-0.1, -0.05) is 23.2 Å². The van der Waals surface area contributed by atoms with Crippen LogP contribution in [0.15, 0.2) is 47.4 Å². The number of carbonyl (C=O) groups is 1. The molecule has 2 aliphatic heterocycles. The zero-order valence-electron chi connectivity index (χ0n) is 18.9. The molecule has 0 bridgehead atoms. The summed E-state index contributed by atoms with van der Waals surface area (Å²) in [5.74, 6) is 0.386. The van der Waals surface area contributed by atoms with E-state index < -0.39 is 15.4 Å². The number of nitrogens with zero attached hydrogens (tertiary/aromatic N) is 2. The quantitative estimate of drug-likeness (QED) is 0.550. The average molecular weight is 538 g/mol. The van der Waals surface area contributed by atoms with E-state index >= 15 is 0 Å².